The third-order valence-corrected chi connectivity index (χ3v) is 1.04. The number of hydrogen-bond donors (Lipinski definition) is 1. The van der Waals surface area contributed by atoms with Crippen molar-refractivity contribution in [2.45, 2.75) is 0 Å². The first-order valence-electron chi connectivity index (χ1n) is 2.66. The zero-order valence-electron chi connectivity index (χ0n) is 5.38. The number of hydrazone groups is 1. The molecule has 0 aromatic heterocycles. The van der Waals surface area contributed by atoms with E-state index in [9.17, 15) is 9.59 Å². The molecule has 0 saturated carbocycles. The summed E-state index contributed by atoms with van der Waals surface area (Å²) in [5.74, 6) is -1.30. The molecule has 1 N–H and O–H groups in total. The number of ketones is 1. The fraction of sp³-hybridized carbons (Fsp3) is 0.400. The number of nitrogens with zero attached hydrogens (tertiary/aromatic N) is 1. The van der Waals surface area contributed by atoms with Gasteiger partial charge in [0, 0.05) is 7.11 Å². The van der Waals surface area contributed by atoms with E-state index in [1.54, 1.807) is 0 Å². The van der Waals surface area contributed by atoms with Crippen LogP contribution in [0, 0.1) is 0 Å². The Kier molecular flexibility index (Phi) is 1.77. The number of rotatable bonds is 2. The second-order valence-electron chi connectivity index (χ2n) is 1.76. The first kappa shape index (κ1) is 6.88. The standard InChI is InChI=1S/C5H6N2O3/c1-10-2-3-4(8)5(9)7-6-3/h2H2,1H3,(H,7,8,9). The number of methoxy groups -OCH3 is 1. The lowest BCUT2D eigenvalue weighted by Crippen LogP contribution is -2.24. The lowest BCUT2D eigenvalue weighted by atomic mass is 10.3. The number of amides is 1. The monoisotopic (exact) mass is 142 g/mol. The topological polar surface area (TPSA) is 67.8 Å². The molecule has 0 atom stereocenters. The van der Waals surface area contributed by atoms with Crippen LogP contribution in [0.1, 0.15) is 0 Å². The first-order chi connectivity index (χ1) is 4.75. The SMILES string of the molecule is COCC1=NNC(=O)C1=O. The lowest BCUT2D eigenvalue weighted by molar-refractivity contribution is -0.133. The van der Waals surface area contributed by atoms with Crippen molar-refractivity contribution in [2.75, 3.05) is 13.7 Å². The summed E-state index contributed by atoms with van der Waals surface area (Å²) >= 11 is 0. The lowest BCUT2D eigenvalue weighted by Gasteiger charge is -1.90. The second kappa shape index (κ2) is 2.57. The van der Waals surface area contributed by atoms with Gasteiger partial charge >= 0.3 is 5.91 Å². The van der Waals surface area contributed by atoms with Gasteiger partial charge in [0.25, 0.3) is 5.78 Å². The summed E-state index contributed by atoms with van der Waals surface area (Å²) in [4.78, 5) is 21.1. The average molecular weight is 142 g/mol. The number of nitrogens with one attached hydrogen (secondary N) is 1. The van der Waals surface area contributed by atoms with Gasteiger partial charge < -0.3 is 4.74 Å². The van der Waals surface area contributed by atoms with E-state index in [1.165, 1.54) is 7.11 Å². The number of carbonyl (C=O) groups excluding carboxylic acids is 2. The van der Waals surface area contributed by atoms with Crippen LogP contribution in [-0.2, 0) is 14.3 Å². The zero-order valence-corrected chi connectivity index (χ0v) is 5.38. The smallest absolute Gasteiger partial charge is 0.313 e. The average Bonchev–Trinajstić information content (AvgIpc) is 2.20. The Morgan fingerprint density at radius 1 is 1.60 bits per heavy atom. The van der Waals surface area contributed by atoms with Gasteiger partial charge in [0.15, 0.2) is 0 Å². The third kappa shape index (κ3) is 1.03. The minimum absolute atomic E-state index is 0.0809. The number of Topliss-reactive ketones (excluding diaryl/α,β-unsaturated/α-hetero) is 1. The van der Waals surface area contributed by atoms with Gasteiger partial charge in [-0.25, -0.2) is 5.43 Å². The quantitative estimate of drug-likeness (QED) is 0.486. The Morgan fingerprint density at radius 2 is 2.30 bits per heavy atom. The van der Waals surface area contributed by atoms with Crippen molar-refractivity contribution in [2.24, 2.45) is 5.10 Å². The van der Waals surface area contributed by atoms with Crippen molar-refractivity contribution in [3.63, 3.8) is 0 Å². The Hall–Kier alpha value is -1.23. The molecular weight excluding hydrogens is 136 g/mol. The fourth-order valence-electron chi connectivity index (χ4n) is 0.585. The van der Waals surface area contributed by atoms with Crippen LogP contribution < -0.4 is 5.43 Å². The minimum atomic E-state index is -0.688. The highest BCUT2D eigenvalue weighted by atomic mass is 16.5. The van der Waals surface area contributed by atoms with Gasteiger partial charge in [0.1, 0.15) is 5.71 Å². The maximum Gasteiger partial charge on any atom is 0.313 e. The van der Waals surface area contributed by atoms with Crippen LogP contribution in [0.25, 0.3) is 0 Å². The fourth-order valence-corrected chi connectivity index (χ4v) is 0.585. The molecule has 0 aliphatic carbocycles. The van der Waals surface area contributed by atoms with E-state index < -0.39 is 11.7 Å². The van der Waals surface area contributed by atoms with Crippen molar-refractivity contribution < 1.29 is 14.3 Å². The van der Waals surface area contributed by atoms with Gasteiger partial charge in [-0.2, -0.15) is 5.10 Å². The van der Waals surface area contributed by atoms with E-state index in [1.807, 2.05) is 5.43 Å². The van der Waals surface area contributed by atoms with Crippen LogP contribution >= 0.6 is 0 Å². The summed E-state index contributed by atoms with van der Waals surface area (Å²) in [5.41, 5.74) is 2.16. The highest BCUT2D eigenvalue weighted by molar-refractivity contribution is 6.67. The van der Waals surface area contributed by atoms with Crippen LogP contribution in [0.4, 0.5) is 0 Å². The second-order valence-corrected chi connectivity index (χ2v) is 1.76. The molecule has 1 aliphatic rings. The molecule has 0 saturated heterocycles. The number of ether oxygens (including phenoxy) is 1. The van der Waals surface area contributed by atoms with Crippen LogP contribution in [0.3, 0.4) is 0 Å². The molecule has 0 bridgehead atoms. The van der Waals surface area contributed by atoms with Gasteiger partial charge in [0.05, 0.1) is 6.61 Å². The largest absolute Gasteiger partial charge is 0.378 e. The molecule has 5 heteroatoms. The molecule has 0 spiro atoms. The summed E-state index contributed by atoms with van der Waals surface area (Å²) in [7, 11) is 1.43. The van der Waals surface area contributed by atoms with Gasteiger partial charge in [-0.3, -0.25) is 9.59 Å². The van der Waals surface area contributed by atoms with Crippen LogP contribution in [0.2, 0.25) is 0 Å². The van der Waals surface area contributed by atoms with Crippen LogP contribution in [0.15, 0.2) is 5.10 Å². The Bertz CT molecular complexity index is 209. The summed E-state index contributed by atoms with van der Waals surface area (Å²) < 4.78 is 4.60. The Balaban J connectivity index is 2.63. The van der Waals surface area contributed by atoms with Crippen LogP contribution in [-0.4, -0.2) is 31.1 Å². The first-order valence-corrected chi connectivity index (χ1v) is 2.66. The van der Waals surface area contributed by atoms with E-state index in [0.717, 1.165) is 0 Å². The molecule has 5 nitrogen and oxygen atoms in total. The molecule has 1 rings (SSSR count). The number of hydrogen-bond acceptors (Lipinski definition) is 4. The van der Waals surface area contributed by atoms with Crippen molar-refractivity contribution in [1.82, 2.24) is 5.43 Å². The zero-order chi connectivity index (χ0) is 7.56. The van der Waals surface area contributed by atoms with E-state index >= 15 is 0 Å². The van der Waals surface area contributed by atoms with Crippen molar-refractivity contribution in [1.29, 1.82) is 0 Å². The Labute approximate surface area is 57.0 Å². The predicted octanol–water partition coefficient (Wildman–Crippen LogP) is -1.31. The molecule has 0 unspecified atom stereocenters. The summed E-state index contributed by atoms with van der Waals surface area (Å²) in [6.07, 6.45) is 0. The summed E-state index contributed by atoms with van der Waals surface area (Å²) in [6.45, 7) is 0.0809. The highest BCUT2D eigenvalue weighted by Crippen LogP contribution is 1.90. The summed E-state index contributed by atoms with van der Waals surface area (Å²) in [6, 6.07) is 0. The molecule has 54 valence electrons. The molecule has 1 heterocycles. The molecule has 0 aromatic carbocycles. The number of carbonyl (C=O) groups is 2. The van der Waals surface area contributed by atoms with Crippen LogP contribution in [0.5, 0.6) is 0 Å². The van der Waals surface area contributed by atoms with E-state index in [-0.39, 0.29) is 12.3 Å². The summed E-state index contributed by atoms with van der Waals surface area (Å²) in [5, 5.41) is 3.43. The van der Waals surface area contributed by atoms with E-state index in [2.05, 4.69) is 9.84 Å². The maximum absolute atomic E-state index is 10.7. The molecular formula is C5H6N2O3. The van der Waals surface area contributed by atoms with Gasteiger partial charge in [0.2, 0.25) is 0 Å². The van der Waals surface area contributed by atoms with Gasteiger partial charge in [-0.05, 0) is 0 Å². The molecule has 0 aromatic rings. The third-order valence-electron chi connectivity index (χ3n) is 1.04. The molecule has 1 aliphatic heterocycles. The Morgan fingerprint density at radius 3 is 2.70 bits per heavy atom. The molecule has 0 fully saturated rings. The van der Waals surface area contributed by atoms with Gasteiger partial charge in [-0.1, -0.05) is 0 Å². The van der Waals surface area contributed by atoms with Crippen molar-refractivity contribution in [3.05, 3.63) is 0 Å². The molecule has 0 radical (unpaired) electrons. The normalized spacial score (nSPS) is 17.1. The van der Waals surface area contributed by atoms with Gasteiger partial charge in [-0.15, -0.1) is 0 Å². The van der Waals surface area contributed by atoms with E-state index in [0.29, 0.717) is 0 Å². The van der Waals surface area contributed by atoms with Crippen molar-refractivity contribution >= 4 is 17.4 Å². The molecule has 10 heavy (non-hydrogen) atoms. The maximum atomic E-state index is 10.7. The molecule has 1 amide bonds. The van der Waals surface area contributed by atoms with Crippen molar-refractivity contribution in [3.8, 4) is 0 Å². The highest BCUT2D eigenvalue weighted by Gasteiger charge is 2.25. The van der Waals surface area contributed by atoms with E-state index in [4.69, 9.17) is 0 Å². The minimum Gasteiger partial charge on any atom is -0.378 e. The predicted molar refractivity (Wildman–Crippen MR) is 32.5 cm³/mol.